The number of ether oxygens (including phenoxy) is 5. The number of methoxy groups -OCH3 is 2. The summed E-state index contributed by atoms with van der Waals surface area (Å²) in [5.41, 5.74) is -0.758. The minimum absolute atomic E-state index is 0.104. The Balaban J connectivity index is 1.74. The van der Waals surface area contributed by atoms with Gasteiger partial charge >= 0.3 is 11.9 Å². The first kappa shape index (κ1) is 24.2. The van der Waals surface area contributed by atoms with Crippen molar-refractivity contribution in [3.63, 3.8) is 0 Å². The molecule has 0 bridgehead atoms. The van der Waals surface area contributed by atoms with Crippen molar-refractivity contribution in [1.82, 2.24) is 0 Å². The molecule has 13 heteroatoms. The molecule has 2 aliphatic heterocycles. The second-order valence-electron chi connectivity index (χ2n) is 7.79. The summed E-state index contributed by atoms with van der Waals surface area (Å²) in [7, 11) is 2.50. The lowest BCUT2D eigenvalue weighted by molar-refractivity contribution is -0.235. The summed E-state index contributed by atoms with van der Waals surface area (Å²) in [4.78, 5) is 25.6. The minimum atomic E-state index is -1.67. The first-order valence-corrected chi connectivity index (χ1v) is 10.2. The van der Waals surface area contributed by atoms with Crippen LogP contribution in [0.4, 0.5) is 0 Å². The molecule has 4 rings (SSSR count). The molecule has 2 aliphatic rings. The number of phenolic OH excluding ortho intramolecular Hbond substituents is 4. The van der Waals surface area contributed by atoms with Crippen molar-refractivity contribution in [2.45, 2.75) is 30.5 Å². The summed E-state index contributed by atoms with van der Waals surface area (Å²) in [6.07, 6.45) is -7.52. The van der Waals surface area contributed by atoms with Crippen LogP contribution in [-0.2, 0) is 14.2 Å². The van der Waals surface area contributed by atoms with E-state index in [0.717, 1.165) is 18.2 Å². The van der Waals surface area contributed by atoms with E-state index in [4.69, 9.17) is 23.7 Å². The molecule has 0 saturated carbocycles. The van der Waals surface area contributed by atoms with Gasteiger partial charge in [0.05, 0.1) is 32.0 Å². The highest BCUT2D eigenvalue weighted by Gasteiger charge is 2.54. The van der Waals surface area contributed by atoms with Gasteiger partial charge in [-0.2, -0.15) is 0 Å². The summed E-state index contributed by atoms with van der Waals surface area (Å²) in [5, 5.41) is 60.6. The van der Waals surface area contributed by atoms with E-state index in [-0.39, 0.29) is 33.9 Å². The number of carbonyl (C=O) groups is 2. The Labute approximate surface area is 197 Å². The van der Waals surface area contributed by atoms with Crippen molar-refractivity contribution in [2.24, 2.45) is 0 Å². The Hall–Kier alpha value is -3.94. The molecule has 5 atom stereocenters. The number of aliphatic hydroxyl groups excluding tert-OH is 2. The summed E-state index contributed by atoms with van der Waals surface area (Å²) < 4.78 is 26.4. The molecule has 188 valence electrons. The van der Waals surface area contributed by atoms with Crippen molar-refractivity contribution in [3.8, 4) is 34.5 Å². The maximum atomic E-state index is 13.0. The van der Waals surface area contributed by atoms with E-state index in [1.807, 2.05) is 0 Å². The average Bonchev–Trinajstić information content (AvgIpc) is 2.84. The summed E-state index contributed by atoms with van der Waals surface area (Å²) in [5.74, 6) is -5.26. The van der Waals surface area contributed by atoms with E-state index in [1.54, 1.807) is 0 Å². The fourth-order valence-electron chi connectivity index (χ4n) is 4.08. The van der Waals surface area contributed by atoms with Crippen molar-refractivity contribution in [1.29, 1.82) is 0 Å². The van der Waals surface area contributed by atoms with Gasteiger partial charge in [-0.05, 0) is 18.2 Å². The normalized spacial score (nSPS) is 25.1. The van der Waals surface area contributed by atoms with Crippen LogP contribution in [0.3, 0.4) is 0 Å². The Morgan fingerprint density at radius 1 is 1.00 bits per heavy atom. The summed E-state index contributed by atoms with van der Waals surface area (Å²) in [6.45, 7) is -0.743. The smallest absolute Gasteiger partial charge is 0.339 e. The number of fused-ring (bicyclic) bond motifs is 3. The molecule has 1 fully saturated rings. The predicted octanol–water partition coefficient (Wildman–Crippen LogP) is 0.0839. The number of hydrogen-bond acceptors (Lipinski definition) is 13. The van der Waals surface area contributed by atoms with Gasteiger partial charge < -0.3 is 54.3 Å². The van der Waals surface area contributed by atoms with E-state index in [0.29, 0.717) is 0 Å². The standard InChI is InChI=1S/C22H22O13/c1-31-10-3-7(4-11(32-2)15(10)26)21(29)34-19-16(27)12(6-23)33-18-13-8(22(30)35-20(18)19)5-9(24)14(25)17(13)28/h3-5,12,16,18-20,23-28H,6H2,1-2H3. The van der Waals surface area contributed by atoms with Crippen LogP contribution in [0.15, 0.2) is 18.2 Å². The van der Waals surface area contributed by atoms with Crippen molar-refractivity contribution in [2.75, 3.05) is 20.8 Å². The quantitative estimate of drug-likeness (QED) is 0.241. The van der Waals surface area contributed by atoms with Gasteiger partial charge in [-0.1, -0.05) is 0 Å². The van der Waals surface area contributed by atoms with Gasteiger partial charge in [0.25, 0.3) is 0 Å². The molecule has 2 aromatic rings. The number of rotatable bonds is 5. The van der Waals surface area contributed by atoms with Crippen LogP contribution in [0.25, 0.3) is 0 Å². The average molecular weight is 494 g/mol. The topological polar surface area (TPSA) is 202 Å². The van der Waals surface area contributed by atoms with Crippen LogP contribution in [-0.4, -0.2) is 87.8 Å². The highest BCUT2D eigenvalue weighted by molar-refractivity contribution is 5.95. The number of benzene rings is 2. The second-order valence-corrected chi connectivity index (χ2v) is 7.79. The van der Waals surface area contributed by atoms with E-state index in [2.05, 4.69) is 0 Å². The fraction of sp³-hybridized carbons (Fsp3) is 0.364. The van der Waals surface area contributed by atoms with E-state index < -0.39 is 66.3 Å². The molecule has 13 nitrogen and oxygen atoms in total. The van der Waals surface area contributed by atoms with Crippen LogP contribution < -0.4 is 9.47 Å². The SMILES string of the molecule is COc1cc(C(=O)OC2C(O)C(CO)OC3c4c(cc(O)c(O)c4O)C(=O)OC32)cc(OC)c1O. The molecule has 2 aromatic carbocycles. The fourth-order valence-corrected chi connectivity index (χ4v) is 4.08. The lowest BCUT2D eigenvalue weighted by Gasteiger charge is -2.45. The molecule has 0 amide bonds. The van der Waals surface area contributed by atoms with Crippen LogP contribution >= 0.6 is 0 Å². The molecular weight excluding hydrogens is 472 g/mol. The van der Waals surface area contributed by atoms with Crippen LogP contribution in [0.2, 0.25) is 0 Å². The molecule has 5 unspecified atom stereocenters. The van der Waals surface area contributed by atoms with Crippen LogP contribution in [0.5, 0.6) is 34.5 Å². The molecular formula is C22H22O13. The van der Waals surface area contributed by atoms with Crippen LogP contribution in [0.1, 0.15) is 32.4 Å². The third-order valence-electron chi connectivity index (χ3n) is 5.84. The number of aliphatic hydroxyl groups is 2. The van der Waals surface area contributed by atoms with Gasteiger partial charge in [0.2, 0.25) is 11.5 Å². The number of carbonyl (C=O) groups excluding carboxylic acids is 2. The summed E-state index contributed by atoms with van der Waals surface area (Å²) >= 11 is 0. The molecule has 0 spiro atoms. The van der Waals surface area contributed by atoms with Crippen molar-refractivity contribution < 1.29 is 63.9 Å². The Kier molecular flexibility index (Phi) is 6.23. The first-order valence-electron chi connectivity index (χ1n) is 10.2. The summed E-state index contributed by atoms with van der Waals surface area (Å²) in [6, 6.07) is 3.17. The van der Waals surface area contributed by atoms with Crippen molar-refractivity contribution in [3.05, 3.63) is 34.9 Å². The van der Waals surface area contributed by atoms with Gasteiger partial charge in [-0.15, -0.1) is 0 Å². The molecule has 1 saturated heterocycles. The zero-order valence-electron chi connectivity index (χ0n) is 18.4. The monoisotopic (exact) mass is 494 g/mol. The van der Waals surface area contributed by atoms with E-state index >= 15 is 0 Å². The third kappa shape index (κ3) is 3.88. The van der Waals surface area contributed by atoms with E-state index in [9.17, 15) is 40.2 Å². The molecule has 35 heavy (non-hydrogen) atoms. The zero-order valence-corrected chi connectivity index (χ0v) is 18.4. The number of aromatic hydroxyl groups is 4. The predicted molar refractivity (Wildman–Crippen MR) is 112 cm³/mol. The van der Waals surface area contributed by atoms with Gasteiger partial charge in [-0.25, -0.2) is 9.59 Å². The number of phenols is 4. The van der Waals surface area contributed by atoms with Crippen LogP contribution in [0, 0.1) is 0 Å². The third-order valence-corrected chi connectivity index (χ3v) is 5.84. The van der Waals surface area contributed by atoms with Gasteiger partial charge in [0, 0.05) is 5.56 Å². The number of esters is 2. The van der Waals surface area contributed by atoms with Crippen molar-refractivity contribution >= 4 is 11.9 Å². The second kappa shape index (κ2) is 9.02. The van der Waals surface area contributed by atoms with Gasteiger partial charge in [0.1, 0.15) is 18.3 Å². The highest BCUT2D eigenvalue weighted by Crippen LogP contribution is 2.50. The minimum Gasteiger partial charge on any atom is -0.504 e. The van der Waals surface area contributed by atoms with E-state index in [1.165, 1.54) is 14.2 Å². The Bertz CT molecular complexity index is 1150. The molecule has 2 heterocycles. The zero-order chi connectivity index (χ0) is 25.6. The molecule has 0 radical (unpaired) electrons. The van der Waals surface area contributed by atoms with Gasteiger partial charge in [-0.3, -0.25) is 0 Å². The first-order chi connectivity index (χ1) is 16.6. The Morgan fingerprint density at radius 3 is 2.20 bits per heavy atom. The Morgan fingerprint density at radius 2 is 1.63 bits per heavy atom. The maximum absolute atomic E-state index is 13.0. The molecule has 0 aliphatic carbocycles. The molecule has 0 aromatic heterocycles. The van der Waals surface area contributed by atoms with Gasteiger partial charge in [0.15, 0.2) is 35.2 Å². The lowest BCUT2D eigenvalue weighted by Crippen LogP contribution is -2.59. The lowest BCUT2D eigenvalue weighted by atomic mass is 9.86. The largest absolute Gasteiger partial charge is 0.504 e. The maximum Gasteiger partial charge on any atom is 0.339 e. The number of hydrogen-bond donors (Lipinski definition) is 6. The molecule has 6 N–H and O–H groups in total. The highest BCUT2D eigenvalue weighted by atomic mass is 16.6.